The number of aryl methyl sites for hydroxylation is 2. The van der Waals surface area contributed by atoms with Gasteiger partial charge in [-0.2, -0.15) is 0 Å². The fourth-order valence-electron chi connectivity index (χ4n) is 3.65. The van der Waals surface area contributed by atoms with Crippen LogP contribution in [-0.2, 0) is 13.6 Å². The summed E-state index contributed by atoms with van der Waals surface area (Å²) < 4.78 is 5.93. The largest absolute Gasteiger partial charge is 0.329 e. The number of H-pyrrole nitrogens is 1. The minimum atomic E-state index is -0.489. The van der Waals surface area contributed by atoms with Gasteiger partial charge in [-0.25, -0.2) is 9.20 Å². The molecule has 0 bridgehead atoms. The number of aromatic amines is 1. The first-order valence-electron chi connectivity index (χ1n) is 9.32. The van der Waals surface area contributed by atoms with Crippen LogP contribution in [0.15, 0.2) is 62.6 Å². The molecule has 0 aliphatic heterocycles. The van der Waals surface area contributed by atoms with Gasteiger partial charge < -0.3 is 0 Å². The highest BCUT2D eigenvalue weighted by Gasteiger charge is 2.23. The number of hydrogen-bond acceptors (Lipinski definition) is 4. The molecule has 0 amide bonds. The third-order valence-corrected chi connectivity index (χ3v) is 5.73. The number of nitrogens with one attached hydrogen (secondary N) is 1. The SMILES string of the molecule is Cc1ccc(Cn2c3c(=O)[nH]c(=O)n(C)c3n3c(-c4ccc(Br)cc4)nnc23)cc1. The molecule has 0 radical (unpaired) electrons. The zero-order chi connectivity index (χ0) is 21.0. The van der Waals surface area contributed by atoms with Crippen molar-refractivity contribution in [1.82, 2.24) is 28.7 Å². The smallest absolute Gasteiger partial charge is 0.298 e. The molecule has 2 aromatic carbocycles. The molecule has 30 heavy (non-hydrogen) atoms. The lowest BCUT2D eigenvalue weighted by Gasteiger charge is -2.06. The molecular formula is C21H17BrN6O2. The summed E-state index contributed by atoms with van der Waals surface area (Å²) in [4.78, 5) is 27.6. The molecule has 5 rings (SSSR count). The molecule has 5 aromatic rings. The van der Waals surface area contributed by atoms with Crippen LogP contribution in [0.2, 0.25) is 0 Å². The summed E-state index contributed by atoms with van der Waals surface area (Å²) in [6.45, 7) is 2.45. The van der Waals surface area contributed by atoms with Crippen LogP contribution < -0.4 is 11.2 Å². The fourth-order valence-corrected chi connectivity index (χ4v) is 3.92. The monoisotopic (exact) mass is 464 g/mol. The summed E-state index contributed by atoms with van der Waals surface area (Å²) >= 11 is 3.44. The van der Waals surface area contributed by atoms with E-state index in [0.717, 1.165) is 21.2 Å². The number of benzene rings is 2. The molecule has 3 heterocycles. The van der Waals surface area contributed by atoms with Crippen molar-refractivity contribution < 1.29 is 0 Å². The van der Waals surface area contributed by atoms with Gasteiger partial charge in [0.15, 0.2) is 17.0 Å². The lowest BCUT2D eigenvalue weighted by atomic mass is 10.1. The van der Waals surface area contributed by atoms with Crippen LogP contribution in [0.1, 0.15) is 11.1 Å². The zero-order valence-corrected chi connectivity index (χ0v) is 17.8. The average Bonchev–Trinajstić information content (AvgIpc) is 3.28. The molecule has 0 unspecified atom stereocenters. The van der Waals surface area contributed by atoms with E-state index in [0.29, 0.717) is 29.3 Å². The minimum absolute atomic E-state index is 0.376. The molecule has 9 heteroatoms. The molecule has 0 aliphatic rings. The van der Waals surface area contributed by atoms with Crippen molar-refractivity contribution in [3.8, 4) is 11.4 Å². The second kappa shape index (κ2) is 6.81. The van der Waals surface area contributed by atoms with Gasteiger partial charge in [-0.1, -0.05) is 57.9 Å². The third kappa shape index (κ3) is 2.81. The van der Waals surface area contributed by atoms with Crippen LogP contribution in [0.4, 0.5) is 0 Å². The van der Waals surface area contributed by atoms with E-state index in [1.54, 1.807) is 16.0 Å². The Hall–Kier alpha value is -3.46. The summed E-state index contributed by atoms with van der Waals surface area (Å²) in [5.41, 5.74) is 2.88. The van der Waals surface area contributed by atoms with E-state index in [1.807, 2.05) is 55.5 Å². The van der Waals surface area contributed by atoms with Crippen molar-refractivity contribution in [2.75, 3.05) is 0 Å². The average molecular weight is 465 g/mol. The minimum Gasteiger partial charge on any atom is -0.298 e. The molecule has 0 saturated heterocycles. The highest BCUT2D eigenvalue weighted by Crippen LogP contribution is 2.26. The number of hydrogen-bond donors (Lipinski definition) is 1. The van der Waals surface area contributed by atoms with Crippen molar-refractivity contribution >= 4 is 32.9 Å². The Morgan fingerprint density at radius 1 is 1.00 bits per heavy atom. The van der Waals surface area contributed by atoms with Gasteiger partial charge >= 0.3 is 5.69 Å². The van der Waals surface area contributed by atoms with Crippen LogP contribution in [0.3, 0.4) is 0 Å². The molecule has 0 aliphatic carbocycles. The van der Waals surface area contributed by atoms with Gasteiger partial charge in [0.05, 0.1) is 6.54 Å². The Morgan fingerprint density at radius 2 is 1.70 bits per heavy atom. The maximum Gasteiger partial charge on any atom is 0.329 e. The second-order valence-corrected chi connectivity index (χ2v) is 8.14. The Kier molecular flexibility index (Phi) is 4.21. The Balaban J connectivity index is 1.86. The summed E-state index contributed by atoms with van der Waals surface area (Å²) in [6.07, 6.45) is 0. The van der Waals surface area contributed by atoms with E-state index in [1.165, 1.54) is 4.57 Å². The molecular weight excluding hydrogens is 448 g/mol. The number of nitrogens with zero attached hydrogens (tertiary/aromatic N) is 5. The van der Waals surface area contributed by atoms with E-state index in [4.69, 9.17) is 0 Å². The van der Waals surface area contributed by atoms with Gasteiger partial charge in [0.1, 0.15) is 0 Å². The topological polar surface area (TPSA) is 90.0 Å². The van der Waals surface area contributed by atoms with E-state index >= 15 is 0 Å². The molecule has 3 aromatic heterocycles. The normalized spacial score (nSPS) is 11.6. The van der Waals surface area contributed by atoms with Crippen LogP contribution in [0.5, 0.6) is 0 Å². The van der Waals surface area contributed by atoms with Crippen molar-refractivity contribution in [2.24, 2.45) is 7.05 Å². The zero-order valence-electron chi connectivity index (χ0n) is 16.3. The maximum atomic E-state index is 12.8. The number of fused-ring (bicyclic) bond motifs is 3. The van der Waals surface area contributed by atoms with E-state index in [9.17, 15) is 9.59 Å². The lowest BCUT2D eigenvalue weighted by molar-refractivity contribution is 0.809. The molecule has 8 nitrogen and oxygen atoms in total. The fraction of sp³-hybridized carbons (Fsp3) is 0.143. The number of halogens is 1. The first-order valence-corrected chi connectivity index (χ1v) is 10.1. The Bertz CT molecular complexity index is 1520. The van der Waals surface area contributed by atoms with Gasteiger partial charge in [0.2, 0.25) is 5.78 Å². The summed E-state index contributed by atoms with van der Waals surface area (Å²) in [7, 11) is 1.63. The summed E-state index contributed by atoms with van der Waals surface area (Å²) in [5, 5.41) is 8.75. The van der Waals surface area contributed by atoms with Gasteiger partial charge in [-0.3, -0.25) is 18.9 Å². The number of rotatable bonds is 3. The van der Waals surface area contributed by atoms with Crippen LogP contribution in [0, 0.1) is 6.92 Å². The summed E-state index contributed by atoms with van der Waals surface area (Å²) in [5.74, 6) is 1.06. The van der Waals surface area contributed by atoms with Crippen LogP contribution in [0.25, 0.3) is 28.3 Å². The predicted octanol–water partition coefficient (Wildman–Crippen LogP) is 2.86. The standard InChI is InChI=1S/C21H17BrN6O2/c1-12-3-5-13(6-4-12)11-27-16-18(29)23-21(30)26(2)19(16)28-17(24-25-20(27)28)14-7-9-15(22)10-8-14/h3-10H,11H2,1-2H3,(H,23,29,30). The van der Waals surface area contributed by atoms with Gasteiger partial charge in [0.25, 0.3) is 5.56 Å². The summed E-state index contributed by atoms with van der Waals surface area (Å²) in [6, 6.07) is 15.7. The quantitative estimate of drug-likeness (QED) is 0.444. The lowest BCUT2D eigenvalue weighted by Crippen LogP contribution is -2.29. The highest BCUT2D eigenvalue weighted by molar-refractivity contribution is 9.10. The molecule has 0 spiro atoms. The van der Waals surface area contributed by atoms with Crippen LogP contribution >= 0.6 is 15.9 Å². The third-order valence-electron chi connectivity index (χ3n) is 5.20. The molecule has 0 fully saturated rings. The van der Waals surface area contributed by atoms with Gasteiger partial charge in [-0.15, -0.1) is 10.2 Å². The number of imidazole rings is 1. The van der Waals surface area contributed by atoms with Crippen molar-refractivity contribution in [2.45, 2.75) is 13.5 Å². The molecule has 150 valence electrons. The highest BCUT2D eigenvalue weighted by atomic mass is 79.9. The van der Waals surface area contributed by atoms with Crippen molar-refractivity contribution in [1.29, 1.82) is 0 Å². The van der Waals surface area contributed by atoms with Crippen molar-refractivity contribution in [3.05, 3.63) is 85.0 Å². The molecule has 0 saturated carbocycles. The molecule has 1 N–H and O–H groups in total. The Morgan fingerprint density at radius 3 is 2.40 bits per heavy atom. The van der Waals surface area contributed by atoms with Gasteiger partial charge in [-0.05, 0) is 24.6 Å². The van der Waals surface area contributed by atoms with E-state index < -0.39 is 11.2 Å². The number of aromatic nitrogens is 6. The Labute approximate surface area is 178 Å². The van der Waals surface area contributed by atoms with Crippen molar-refractivity contribution in [3.63, 3.8) is 0 Å². The molecule has 0 atom stereocenters. The first kappa shape index (κ1) is 18.6. The van der Waals surface area contributed by atoms with Crippen LogP contribution in [-0.4, -0.2) is 28.7 Å². The van der Waals surface area contributed by atoms with Gasteiger partial charge in [0, 0.05) is 17.1 Å². The van der Waals surface area contributed by atoms with E-state index in [2.05, 4.69) is 31.1 Å². The second-order valence-electron chi connectivity index (χ2n) is 7.23. The first-order chi connectivity index (χ1) is 14.4. The van der Waals surface area contributed by atoms with E-state index in [-0.39, 0.29) is 0 Å². The predicted molar refractivity (Wildman–Crippen MR) is 118 cm³/mol. The maximum absolute atomic E-state index is 12.8.